The maximum atomic E-state index is 14.1. The molecule has 5 rings (SSSR count). The summed E-state index contributed by atoms with van der Waals surface area (Å²) in [7, 11) is 4.49. The molecule has 1 aliphatic rings. The summed E-state index contributed by atoms with van der Waals surface area (Å²) in [6.45, 7) is 1.70. The van der Waals surface area contributed by atoms with Crippen molar-refractivity contribution >= 4 is 16.7 Å². The molecule has 41 heavy (non-hydrogen) atoms. The normalized spacial score (nSPS) is 13.7. The Kier molecular flexibility index (Phi) is 7.56. The Balaban J connectivity index is 1.58. The summed E-state index contributed by atoms with van der Waals surface area (Å²) in [5, 5.41) is 19.4. The average molecular weight is 557 g/mol. The summed E-state index contributed by atoms with van der Waals surface area (Å²) in [6, 6.07) is 15.4. The van der Waals surface area contributed by atoms with Gasteiger partial charge in [-0.3, -0.25) is 9.69 Å². The van der Waals surface area contributed by atoms with E-state index in [-0.39, 0.29) is 11.3 Å². The number of benzene rings is 2. The predicted molar refractivity (Wildman–Crippen MR) is 148 cm³/mol. The molecule has 1 saturated heterocycles. The van der Waals surface area contributed by atoms with E-state index in [9.17, 15) is 24.1 Å². The highest BCUT2D eigenvalue weighted by Crippen LogP contribution is 2.40. The second kappa shape index (κ2) is 11.2. The van der Waals surface area contributed by atoms with E-state index in [0.717, 1.165) is 0 Å². The van der Waals surface area contributed by atoms with Gasteiger partial charge in [-0.05, 0) is 24.3 Å². The molecule has 9 nitrogen and oxygen atoms in total. The van der Waals surface area contributed by atoms with Crippen LogP contribution in [0.25, 0.3) is 11.0 Å². The third kappa shape index (κ3) is 4.92. The van der Waals surface area contributed by atoms with E-state index in [1.165, 1.54) is 49.1 Å². The topological polar surface area (TPSA) is 107 Å². The van der Waals surface area contributed by atoms with Gasteiger partial charge in [0.05, 0.1) is 31.5 Å². The Bertz CT molecular complexity index is 1730. The minimum atomic E-state index is -0.484. The number of aryl methyl sites for hydroxylation is 1. The number of hydrogen-bond donors (Lipinski definition) is 0. The number of nitrogens with zero attached hydrogens (tertiary/aromatic N) is 6. The molecule has 1 aliphatic heterocycles. The molecule has 208 valence electrons. The van der Waals surface area contributed by atoms with Crippen LogP contribution in [0, 0.1) is 34.3 Å². The molecule has 0 bridgehead atoms. The molecule has 0 saturated carbocycles. The highest BCUT2D eigenvalue weighted by atomic mass is 19.1. The van der Waals surface area contributed by atoms with Crippen molar-refractivity contribution in [3.63, 3.8) is 0 Å². The summed E-state index contributed by atoms with van der Waals surface area (Å²) < 4.78 is 40.7. The average Bonchev–Trinajstić information content (AvgIpc) is 3.00. The number of fused-ring (bicyclic) bond motifs is 1. The lowest BCUT2D eigenvalue weighted by molar-refractivity contribution is 0.205. The van der Waals surface area contributed by atoms with Crippen molar-refractivity contribution < 1.29 is 18.3 Å². The molecule has 0 unspecified atom stereocenters. The third-order valence-electron chi connectivity index (χ3n) is 7.42. The van der Waals surface area contributed by atoms with Gasteiger partial charge in [0, 0.05) is 56.5 Å². The smallest absolute Gasteiger partial charge is 0.270 e. The Morgan fingerprint density at radius 2 is 1.46 bits per heavy atom. The molecule has 0 atom stereocenters. The number of methoxy groups -OCH3 is 2. The van der Waals surface area contributed by atoms with Crippen LogP contribution in [0.4, 0.5) is 14.5 Å². The fourth-order valence-corrected chi connectivity index (χ4v) is 5.45. The maximum absolute atomic E-state index is 14.1. The number of piperazine rings is 1. The molecule has 0 radical (unpaired) electrons. The molecule has 2 aromatic carbocycles. The molecular formula is C30H26F2N6O3. The predicted octanol–water partition coefficient (Wildman–Crippen LogP) is 3.88. The molecule has 0 aliphatic carbocycles. The molecule has 2 aromatic heterocycles. The number of anilines is 1. The quantitative estimate of drug-likeness (QED) is 0.352. The summed E-state index contributed by atoms with van der Waals surface area (Å²) >= 11 is 0. The van der Waals surface area contributed by atoms with Gasteiger partial charge in [0.2, 0.25) is 0 Å². The molecule has 4 aromatic rings. The summed E-state index contributed by atoms with van der Waals surface area (Å²) in [4.78, 5) is 21.6. The van der Waals surface area contributed by atoms with Crippen LogP contribution < -0.4 is 19.9 Å². The Labute approximate surface area is 235 Å². The van der Waals surface area contributed by atoms with Crippen molar-refractivity contribution in [2.45, 2.75) is 6.04 Å². The molecule has 1 fully saturated rings. The van der Waals surface area contributed by atoms with Crippen molar-refractivity contribution in [2.24, 2.45) is 7.05 Å². The van der Waals surface area contributed by atoms with E-state index in [4.69, 9.17) is 9.47 Å². The highest BCUT2D eigenvalue weighted by Gasteiger charge is 2.33. The number of halogens is 2. The summed E-state index contributed by atoms with van der Waals surface area (Å²) in [6.07, 6.45) is 0. The summed E-state index contributed by atoms with van der Waals surface area (Å²) in [5.41, 5.74) is 2.31. The van der Waals surface area contributed by atoms with Crippen LogP contribution in [0.3, 0.4) is 0 Å². The molecule has 11 heteroatoms. The SMILES string of the molecule is COc1cc(F)ccc1C(c1ccc(F)cc1OC)N1CCN(c2c(C#N)c(=O)n(C)c3ccc(C#N)nc23)CC1. The van der Waals surface area contributed by atoms with Crippen molar-refractivity contribution in [1.29, 1.82) is 10.5 Å². The van der Waals surface area contributed by atoms with Crippen molar-refractivity contribution in [3.05, 3.63) is 92.9 Å². The first-order valence-corrected chi connectivity index (χ1v) is 12.8. The Morgan fingerprint density at radius 1 is 0.878 bits per heavy atom. The van der Waals surface area contributed by atoms with Crippen LogP contribution in [-0.4, -0.2) is 54.8 Å². The first-order chi connectivity index (χ1) is 19.8. The third-order valence-corrected chi connectivity index (χ3v) is 7.42. The molecular weight excluding hydrogens is 530 g/mol. The maximum Gasteiger partial charge on any atom is 0.270 e. The number of hydrogen-bond acceptors (Lipinski definition) is 8. The number of nitriles is 2. The fraction of sp³-hybridized carbons (Fsp3) is 0.267. The zero-order valence-corrected chi connectivity index (χ0v) is 22.7. The molecule has 0 spiro atoms. The molecule has 0 amide bonds. The largest absolute Gasteiger partial charge is 0.496 e. The van der Waals surface area contributed by atoms with E-state index >= 15 is 0 Å². The summed E-state index contributed by atoms with van der Waals surface area (Å²) in [5.74, 6) is -0.236. The standard InChI is InChI=1S/C30H26F2N6O3/c1-36-24-9-6-20(16-33)35-27(24)29(23(17-34)30(36)39)38-12-10-37(11-13-38)28(21-7-4-18(31)14-25(21)40-2)22-8-5-19(32)15-26(22)41-3/h4-9,14-15,28H,10-13H2,1-3H3. The van der Waals surface area contributed by atoms with Gasteiger partial charge < -0.3 is 18.9 Å². The van der Waals surface area contributed by atoms with Gasteiger partial charge in [-0.25, -0.2) is 13.8 Å². The Morgan fingerprint density at radius 3 is 1.98 bits per heavy atom. The van der Waals surface area contributed by atoms with Crippen LogP contribution in [0.2, 0.25) is 0 Å². The second-order valence-electron chi connectivity index (χ2n) is 9.57. The monoisotopic (exact) mass is 556 g/mol. The minimum absolute atomic E-state index is 0.0482. The van der Waals surface area contributed by atoms with Gasteiger partial charge in [-0.1, -0.05) is 12.1 Å². The number of aromatic nitrogens is 2. The van der Waals surface area contributed by atoms with Crippen LogP contribution in [0.1, 0.15) is 28.4 Å². The van der Waals surface area contributed by atoms with Gasteiger partial charge >= 0.3 is 0 Å². The van der Waals surface area contributed by atoms with Gasteiger partial charge in [0.15, 0.2) is 0 Å². The minimum Gasteiger partial charge on any atom is -0.496 e. The van der Waals surface area contributed by atoms with Gasteiger partial charge in [0.1, 0.15) is 52.0 Å². The first-order valence-electron chi connectivity index (χ1n) is 12.8. The first kappa shape index (κ1) is 27.6. The Hall–Kier alpha value is -5.00. The number of rotatable bonds is 6. The zero-order valence-electron chi connectivity index (χ0n) is 22.7. The van der Waals surface area contributed by atoms with Gasteiger partial charge in [-0.2, -0.15) is 10.5 Å². The van der Waals surface area contributed by atoms with Crippen molar-refractivity contribution in [2.75, 3.05) is 45.3 Å². The second-order valence-corrected chi connectivity index (χ2v) is 9.57. The van der Waals surface area contributed by atoms with Crippen LogP contribution >= 0.6 is 0 Å². The number of ether oxygens (including phenoxy) is 2. The van der Waals surface area contributed by atoms with Crippen LogP contribution in [0.5, 0.6) is 11.5 Å². The highest BCUT2D eigenvalue weighted by molar-refractivity contribution is 5.92. The van der Waals surface area contributed by atoms with Gasteiger partial charge in [0.25, 0.3) is 5.56 Å². The van der Waals surface area contributed by atoms with Crippen LogP contribution in [-0.2, 0) is 7.05 Å². The van der Waals surface area contributed by atoms with Crippen molar-refractivity contribution in [1.82, 2.24) is 14.5 Å². The van der Waals surface area contributed by atoms with Crippen LogP contribution in [0.15, 0.2) is 53.3 Å². The number of pyridine rings is 2. The fourth-order valence-electron chi connectivity index (χ4n) is 5.45. The van der Waals surface area contributed by atoms with Gasteiger partial charge in [-0.15, -0.1) is 0 Å². The molecule has 3 heterocycles. The van der Waals surface area contributed by atoms with E-state index in [1.54, 1.807) is 25.2 Å². The van der Waals surface area contributed by atoms with Crippen molar-refractivity contribution in [3.8, 4) is 23.6 Å². The lowest BCUT2D eigenvalue weighted by atomic mass is 9.94. The lowest BCUT2D eigenvalue weighted by Crippen LogP contribution is -2.48. The lowest BCUT2D eigenvalue weighted by Gasteiger charge is -2.41. The van der Waals surface area contributed by atoms with E-state index < -0.39 is 23.2 Å². The molecule has 0 N–H and O–H groups in total. The van der Waals surface area contributed by atoms with E-state index in [1.807, 2.05) is 17.0 Å². The van der Waals surface area contributed by atoms with E-state index in [0.29, 0.717) is 65.5 Å². The zero-order chi connectivity index (χ0) is 29.3. The van der Waals surface area contributed by atoms with E-state index in [2.05, 4.69) is 9.88 Å².